The quantitative estimate of drug-likeness (QED) is 0.817. The molecule has 0 radical (unpaired) electrons. The zero-order valence-corrected chi connectivity index (χ0v) is 14.3. The van der Waals surface area contributed by atoms with Gasteiger partial charge in [-0.15, -0.1) is 11.3 Å². The molecule has 0 saturated carbocycles. The minimum Gasteiger partial charge on any atom is -0.398 e. The van der Waals surface area contributed by atoms with Crippen molar-refractivity contribution in [3.05, 3.63) is 44.3 Å². The van der Waals surface area contributed by atoms with Crippen molar-refractivity contribution >= 4 is 33.0 Å². The molecule has 0 aliphatic carbocycles. The second kappa shape index (κ2) is 5.84. The molecule has 0 amide bonds. The third-order valence-corrected chi connectivity index (χ3v) is 4.46. The van der Waals surface area contributed by atoms with E-state index in [4.69, 9.17) is 5.73 Å². The van der Waals surface area contributed by atoms with Crippen LogP contribution in [0.1, 0.15) is 43.1 Å². The van der Waals surface area contributed by atoms with Crippen molar-refractivity contribution in [1.29, 1.82) is 0 Å². The van der Waals surface area contributed by atoms with E-state index in [0.29, 0.717) is 12.1 Å². The maximum absolute atomic E-state index is 10.4. The second-order valence-electron chi connectivity index (χ2n) is 5.87. The molecule has 1 aromatic heterocycles. The molecular formula is C15H19BrN2OS. The number of hydrogen-bond acceptors (Lipinski definition) is 4. The van der Waals surface area contributed by atoms with Gasteiger partial charge in [0.25, 0.3) is 0 Å². The van der Waals surface area contributed by atoms with E-state index in [0.717, 1.165) is 20.7 Å². The van der Waals surface area contributed by atoms with Crippen molar-refractivity contribution in [1.82, 2.24) is 4.98 Å². The normalized spacial score (nSPS) is 13.4. The maximum Gasteiger partial charge on any atom is 0.0957 e. The number of aliphatic hydroxyl groups excluding tert-OH is 1. The largest absolute Gasteiger partial charge is 0.398 e. The molecule has 3 N–H and O–H groups in total. The van der Waals surface area contributed by atoms with E-state index in [2.05, 4.69) is 47.1 Å². The summed E-state index contributed by atoms with van der Waals surface area (Å²) in [6.07, 6.45) is -0.145. The van der Waals surface area contributed by atoms with E-state index < -0.39 is 6.10 Å². The SMILES string of the molecule is CC(C)(C)c1csc(CC(O)c2cc(Br)ccc2N)n1. The summed E-state index contributed by atoms with van der Waals surface area (Å²) in [4.78, 5) is 4.61. The number of nitrogen functional groups attached to an aromatic ring is 1. The average molecular weight is 355 g/mol. The summed E-state index contributed by atoms with van der Waals surface area (Å²) in [5.74, 6) is 0. The zero-order chi connectivity index (χ0) is 14.9. The molecule has 0 saturated heterocycles. The molecule has 0 fully saturated rings. The molecule has 3 nitrogen and oxygen atoms in total. The minimum absolute atomic E-state index is 0.0362. The molecule has 2 rings (SSSR count). The Morgan fingerprint density at radius 3 is 2.70 bits per heavy atom. The van der Waals surface area contributed by atoms with Gasteiger partial charge in [0, 0.05) is 32.9 Å². The van der Waals surface area contributed by atoms with Crippen molar-refractivity contribution in [2.45, 2.75) is 38.7 Å². The summed E-state index contributed by atoms with van der Waals surface area (Å²) < 4.78 is 0.912. The van der Waals surface area contributed by atoms with Gasteiger partial charge in [-0.1, -0.05) is 36.7 Å². The molecule has 0 spiro atoms. The third-order valence-electron chi connectivity index (χ3n) is 3.10. The van der Waals surface area contributed by atoms with Gasteiger partial charge < -0.3 is 10.8 Å². The lowest BCUT2D eigenvalue weighted by Crippen LogP contribution is -2.12. The Morgan fingerprint density at radius 2 is 2.10 bits per heavy atom. The van der Waals surface area contributed by atoms with Crippen LogP contribution >= 0.6 is 27.3 Å². The molecule has 108 valence electrons. The number of aliphatic hydroxyl groups is 1. The molecule has 1 heterocycles. The Hall–Kier alpha value is -0.910. The predicted octanol–water partition coefficient (Wildman–Crippen LogP) is 4.06. The van der Waals surface area contributed by atoms with Crippen LogP contribution in [0.3, 0.4) is 0 Å². The van der Waals surface area contributed by atoms with E-state index >= 15 is 0 Å². The summed E-state index contributed by atoms with van der Waals surface area (Å²) in [6.45, 7) is 6.40. The lowest BCUT2D eigenvalue weighted by Gasteiger charge is -2.15. The minimum atomic E-state index is -0.633. The first-order chi connectivity index (χ1) is 9.27. The standard InChI is InChI=1S/C15H19BrN2OS/c1-15(2,3)13-8-20-14(18-13)7-12(19)10-6-9(16)4-5-11(10)17/h4-6,8,12,19H,7,17H2,1-3H3. The van der Waals surface area contributed by atoms with Crippen LogP contribution in [-0.2, 0) is 11.8 Å². The van der Waals surface area contributed by atoms with Crippen LogP contribution < -0.4 is 5.73 Å². The fraction of sp³-hybridized carbons (Fsp3) is 0.400. The number of benzene rings is 1. The Kier molecular flexibility index (Phi) is 4.52. The maximum atomic E-state index is 10.4. The molecular weight excluding hydrogens is 336 g/mol. The predicted molar refractivity (Wildman–Crippen MR) is 88.0 cm³/mol. The number of anilines is 1. The Labute approximate surface area is 132 Å². The van der Waals surface area contributed by atoms with E-state index in [1.165, 1.54) is 0 Å². The molecule has 0 aliphatic rings. The lowest BCUT2D eigenvalue weighted by atomic mass is 9.93. The van der Waals surface area contributed by atoms with E-state index in [-0.39, 0.29) is 5.41 Å². The van der Waals surface area contributed by atoms with Crippen molar-refractivity contribution < 1.29 is 5.11 Å². The monoisotopic (exact) mass is 354 g/mol. The zero-order valence-electron chi connectivity index (χ0n) is 11.9. The highest BCUT2D eigenvalue weighted by Gasteiger charge is 2.19. The molecule has 1 unspecified atom stereocenters. The van der Waals surface area contributed by atoms with Gasteiger partial charge >= 0.3 is 0 Å². The van der Waals surface area contributed by atoms with Gasteiger partial charge in [-0.2, -0.15) is 0 Å². The molecule has 20 heavy (non-hydrogen) atoms. The first-order valence-electron chi connectivity index (χ1n) is 6.45. The molecule has 1 atom stereocenters. The Bertz CT molecular complexity index is 604. The smallest absolute Gasteiger partial charge is 0.0957 e. The van der Waals surface area contributed by atoms with E-state index in [1.807, 2.05) is 12.1 Å². The van der Waals surface area contributed by atoms with Gasteiger partial charge in [-0.25, -0.2) is 4.98 Å². The van der Waals surface area contributed by atoms with Crippen molar-refractivity contribution in [3.8, 4) is 0 Å². The van der Waals surface area contributed by atoms with Crippen LogP contribution in [0.4, 0.5) is 5.69 Å². The number of hydrogen-bond donors (Lipinski definition) is 2. The van der Waals surface area contributed by atoms with E-state index in [1.54, 1.807) is 17.4 Å². The summed E-state index contributed by atoms with van der Waals surface area (Å²) in [5.41, 5.74) is 8.37. The molecule has 0 aliphatic heterocycles. The van der Waals surface area contributed by atoms with Crippen molar-refractivity contribution in [3.63, 3.8) is 0 Å². The summed E-state index contributed by atoms with van der Waals surface area (Å²) in [6, 6.07) is 5.52. The van der Waals surface area contributed by atoms with Crippen LogP contribution in [-0.4, -0.2) is 10.1 Å². The third kappa shape index (κ3) is 3.59. The van der Waals surface area contributed by atoms with Gasteiger partial charge in [-0.05, 0) is 18.2 Å². The van der Waals surface area contributed by atoms with Gasteiger partial charge in [0.2, 0.25) is 0 Å². The van der Waals surface area contributed by atoms with Crippen LogP contribution in [0.2, 0.25) is 0 Å². The number of halogens is 1. The van der Waals surface area contributed by atoms with Crippen LogP contribution in [0.15, 0.2) is 28.1 Å². The summed E-state index contributed by atoms with van der Waals surface area (Å²) in [7, 11) is 0. The first kappa shape index (κ1) is 15.5. The second-order valence-corrected chi connectivity index (χ2v) is 7.73. The Morgan fingerprint density at radius 1 is 1.40 bits per heavy atom. The first-order valence-corrected chi connectivity index (χ1v) is 8.12. The van der Waals surface area contributed by atoms with Gasteiger partial charge in [-0.3, -0.25) is 0 Å². The van der Waals surface area contributed by atoms with Crippen LogP contribution in [0.25, 0.3) is 0 Å². The average Bonchev–Trinajstić information content (AvgIpc) is 2.80. The molecule has 5 heteroatoms. The fourth-order valence-electron chi connectivity index (χ4n) is 1.86. The summed E-state index contributed by atoms with van der Waals surface area (Å²) >= 11 is 4.99. The van der Waals surface area contributed by atoms with Gasteiger partial charge in [0.15, 0.2) is 0 Å². The van der Waals surface area contributed by atoms with Crippen molar-refractivity contribution in [2.24, 2.45) is 0 Å². The van der Waals surface area contributed by atoms with Gasteiger partial charge in [0.1, 0.15) is 0 Å². The number of nitrogens with zero attached hydrogens (tertiary/aromatic N) is 1. The highest BCUT2D eigenvalue weighted by Crippen LogP contribution is 2.29. The van der Waals surface area contributed by atoms with Crippen molar-refractivity contribution in [2.75, 3.05) is 5.73 Å². The van der Waals surface area contributed by atoms with Crippen LogP contribution in [0, 0.1) is 0 Å². The Balaban J connectivity index is 2.17. The highest BCUT2D eigenvalue weighted by molar-refractivity contribution is 9.10. The van der Waals surface area contributed by atoms with Gasteiger partial charge in [0.05, 0.1) is 16.8 Å². The number of rotatable bonds is 3. The molecule has 2 aromatic rings. The van der Waals surface area contributed by atoms with Crippen LogP contribution in [0.5, 0.6) is 0 Å². The number of aromatic nitrogens is 1. The topological polar surface area (TPSA) is 59.1 Å². The van der Waals surface area contributed by atoms with E-state index in [9.17, 15) is 5.11 Å². The number of thiazole rings is 1. The molecule has 1 aromatic carbocycles. The lowest BCUT2D eigenvalue weighted by molar-refractivity contribution is 0.179. The fourth-order valence-corrected chi connectivity index (χ4v) is 3.30. The number of nitrogens with two attached hydrogens (primary N) is 1. The highest BCUT2D eigenvalue weighted by atomic mass is 79.9. The summed E-state index contributed by atoms with van der Waals surface area (Å²) in [5, 5.41) is 13.4. The molecule has 0 bridgehead atoms.